The highest BCUT2D eigenvalue weighted by Crippen LogP contribution is 2.24. The number of nitrogens with zero attached hydrogens (tertiary/aromatic N) is 2. The number of benzene rings is 2. The monoisotopic (exact) mass is 305 g/mol. The lowest BCUT2D eigenvalue weighted by Gasteiger charge is -2.13. The van der Waals surface area contributed by atoms with Crippen molar-refractivity contribution in [3.8, 4) is 5.69 Å². The molecule has 0 spiro atoms. The van der Waals surface area contributed by atoms with Crippen LogP contribution in [0.5, 0.6) is 0 Å². The first-order chi connectivity index (χ1) is 9.97. The van der Waals surface area contributed by atoms with Crippen LogP contribution >= 0.6 is 12.2 Å². The molecule has 3 rings (SSSR count). The third-order valence-electron chi connectivity index (χ3n) is 3.33. The van der Waals surface area contributed by atoms with Crippen molar-refractivity contribution >= 4 is 28.9 Å². The van der Waals surface area contributed by atoms with E-state index >= 15 is 0 Å². The number of imidazole rings is 1. The van der Waals surface area contributed by atoms with Crippen LogP contribution in [0.15, 0.2) is 36.4 Å². The van der Waals surface area contributed by atoms with E-state index in [9.17, 15) is 8.78 Å². The Kier molecular flexibility index (Phi) is 3.25. The van der Waals surface area contributed by atoms with E-state index in [2.05, 4.69) is 4.98 Å². The number of aromatic amines is 1. The predicted molar refractivity (Wildman–Crippen MR) is 82.7 cm³/mol. The SMILES string of the molecule is CN(C)c1ccc(-n2c(=S)[nH]c3c(F)cc(F)cc32)cc1. The van der Waals surface area contributed by atoms with Crippen LogP contribution in [0.1, 0.15) is 0 Å². The van der Waals surface area contributed by atoms with Crippen LogP contribution in [0, 0.1) is 16.4 Å². The van der Waals surface area contributed by atoms with Gasteiger partial charge in [0.25, 0.3) is 0 Å². The molecule has 0 atom stereocenters. The van der Waals surface area contributed by atoms with Crippen molar-refractivity contribution in [2.45, 2.75) is 0 Å². The zero-order valence-corrected chi connectivity index (χ0v) is 12.3. The van der Waals surface area contributed by atoms with Crippen LogP contribution in [0.25, 0.3) is 16.7 Å². The number of aromatic nitrogens is 2. The van der Waals surface area contributed by atoms with Gasteiger partial charge in [-0.1, -0.05) is 0 Å². The lowest BCUT2D eigenvalue weighted by molar-refractivity contribution is 0.590. The number of H-pyrrole nitrogens is 1. The van der Waals surface area contributed by atoms with E-state index in [0.717, 1.165) is 17.4 Å². The second kappa shape index (κ2) is 4.96. The van der Waals surface area contributed by atoms with Crippen LogP contribution in [-0.4, -0.2) is 23.6 Å². The molecule has 6 heteroatoms. The summed E-state index contributed by atoms with van der Waals surface area (Å²) in [5.74, 6) is -1.28. The van der Waals surface area contributed by atoms with Gasteiger partial charge < -0.3 is 9.88 Å². The average molecular weight is 305 g/mol. The molecule has 0 amide bonds. The van der Waals surface area contributed by atoms with E-state index in [0.29, 0.717) is 10.3 Å². The van der Waals surface area contributed by atoms with Gasteiger partial charge in [-0.05, 0) is 36.5 Å². The van der Waals surface area contributed by atoms with Gasteiger partial charge in [0, 0.05) is 37.6 Å². The smallest absolute Gasteiger partial charge is 0.182 e. The van der Waals surface area contributed by atoms with E-state index in [1.807, 2.05) is 43.3 Å². The third-order valence-corrected chi connectivity index (χ3v) is 3.62. The lowest BCUT2D eigenvalue weighted by atomic mass is 10.2. The van der Waals surface area contributed by atoms with Crippen molar-refractivity contribution in [1.82, 2.24) is 9.55 Å². The fourth-order valence-corrected chi connectivity index (χ4v) is 2.59. The van der Waals surface area contributed by atoms with E-state index in [1.54, 1.807) is 4.57 Å². The summed E-state index contributed by atoms with van der Waals surface area (Å²) >= 11 is 5.23. The zero-order valence-electron chi connectivity index (χ0n) is 11.5. The minimum Gasteiger partial charge on any atom is -0.378 e. The van der Waals surface area contributed by atoms with Crippen molar-refractivity contribution in [1.29, 1.82) is 0 Å². The molecule has 0 fully saturated rings. The van der Waals surface area contributed by atoms with Gasteiger partial charge in [0.1, 0.15) is 11.3 Å². The maximum Gasteiger partial charge on any atom is 0.182 e. The van der Waals surface area contributed by atoms with Crippen LogP contribution in [0.2, 0.25) is 0 Å². The molecular formula is C15H13F2N3S. The molecule has 0 aliphatic carbocycles. The molecule has 0 aliphatic heterocycles. The van der Waals surface area contributed by atoms with Crippen LogP contribution < -0.4 is 4.90 Å². The van der Waals surface area contributed by atoms with Crippen molar-refractivity contribution in [2.75, 3.05) is 19.0 Å². The average Bonchev–Trinajstić information content (AvgIpc) is 2.75. The van der Waals surface area contributed by atoms with E-state index < -0.39 is 11.6 Å². The highest BCUT2D eigenvalue weighted by molar-refractivity contribution is 7.71. The summed E-state index contributed by atoms with van der Waals surface area (Å²) < 4.78 is 29.2. The number of anilines is 1. The maximum absolute atomic E-state index is 13.8. The summed E-state index contributed by atoms with van der Waals surface area (Å²) in [6.45, 7) is 0. The van der Waals surface area contributed by atoms with Gasteiger partial charge in [-0.2, -0.15) is 0 Å². The molecule has 1 N–H and O–H groups in total. The molecular weight excluding hydrogens is 292 g/mol. The molecule has 1 aromatic heterocycles. The van der Waals surface area contributed by atoms with Crippen molar-refractivity contribution < 1.29 is 8.78 Å². The van der Waals surface area contributed by atoms with Crippen LogP contribution in [-0.2, 0) is 0 Å². The Morgan fingerprint density at radius 3 is 2.38 bits per heavy atom. The first kappa shape index (κ1) is 13.8. The van der Waals surface area contributed by atoms with Gasteiger partial charge in [0.05, 0.1) is 5.52 Å². The molecule has 2 aromatic carbocycles. The molecule has 3 nitrogen and oxygen atoms in total. The molecule has 21 heavy (non-hydrogen) atoms. The molecule has 108 valence electrons. The summed E-state index contributed by atoms with van der Waals surface area (Å²) in [7, 11) is 3.88. The van der Waals surface area contributed by atoms with Crippen molar-refractivity contribution in [3.05, 3.63) is 52.8 Å². The Labute approximate surface area is 125 Å². The third kappa shape index (κ3) is 2.31. The Hall–Kier alpha value is -2.21. The summed E-state index contributed by atoms with van der Waals surface area (Å²) in [5, 5.41) is 0. The first-order valence-electron chi connectivity index (χ1n) is 6.35. The minimum atomic E-state index is -0.653. The Morgan fingerprint density at radius 2 is 1.76 bits per heavy atom. The van der Waals surface area contributed by atoms with Crippen LogP contribution in [0.4, 0.5) is 14.5 Å². The standard InChI is InChI=1S/C15H13F2N3S/c1-19(2)10-3-5-11(6-4-10)20-13-8-9(16)7-12(17)14(13)18-15(20)21/h3-8H,1-2H3,(H,18,21). The number of fused-ring (bicyclic) bond motifs is 1. The molecule has 0 aliphatic rings. The number of hydrogen-bond donors (Lipinski definition) is 1. The fraction of sp³-hybridized carbons (Fsp3) is 0.133. The quantitative estimate of drug-likeness (QED) is 0.723. The van der Waals surface area contributed by atoms with E-state index in [-0.39, 0.29) is 5.52 Å². The molecule has 0 unspecified atom stereocenters. The highest BCUT2D eigenvalue weighted by Gasteiger charge is 2.12. The van der Waals surface area contributed by atoms with Gasteiger partial charge in [0.2, 0.25) is 0 Å². The van der Waals surface area contributed by atoms with Gasteiger partial charge in [-0.15, -0.1) is 0 Å². The second-order valence-electron chi connectivity index (χ2n) is 4.96. The maximum atomic E-state index is 13.8. The first-order valence-corrected chi connectivity index (χ1v) is 6.76. The van der Waals surface area contributed by atoms with Gasteiger partial charge in [-0.3, -0.25) is 4.57 Å². The Morgan fingerprint density at radius 1 is 1.10 bits per heavy atom. The van der Waals surface area contributed by atoms with Crippen molar-refractivity contribution in [2.24, 2.45) is 0 Å². The number of halogens is 2. The molecule has 0 saturated carbocycles. The topological polar surface area (TPSA) is 24.0 Å². The number of nitrogens with one attached hydrogen (secondary N) is 1. The van der Waals surface area contributed by atoms with E-state index in [4.69, 9.17) is 12.2 Å². The number of hydrogen-bond acceptors (Lipinski definition) is 2. The second-order valence-corrected chi connectivity index (χ2v) is 5.34. The normalized spacial score (nSPS) is 11.0. The summed E-state index contributed by atoms with van der Waals surface area (Å²) in [5.41, 5.74) is 2.37. The summed E-state index contributed by atoms with van der Waals surface area (Å²) in [6.07, 6.45) is 0. The Balaban J connectivity index is 2.24. The fourth-order valence-electron chi connectivity index (χ4n) is 2.29. The minimum absolute atomic E-state index is 0.207. The molecule has 0 radical (unpaired) electrons. The molecule has 0 bridgehead atoms. The van der Waals surface area contributed by atoms with Gasteiger partial charge >= 0.3 is 0 Å². The largest absolute Gasteiger partial charge is 0.378 e. The molecule has 1 heterocycles. The zero-order chi connectivity index (χ0) is 15.1. The van der Waals surface area contributed by atoms with Crippen molar-refractivity contribution in [3.63, 3.8) is 0 Å². The van der Waals surface area contributed by atoms with Gasteiger partial charge in [-0.25, -0.2) is 8.78 Å². The highest BCUT2D eigenvalue weighted by atomic mass is 32.1. The van der Waals surface area contributed by atoms with Crippen LogP contribution in [0.3, 0.4) is 0 Å². The lowest BCUT2D eigenvalue weighted by Crippen LogP contribution is -2.08. The summed E-state index contributed by atoms with van der Waals surface area (Å²) in [4.78, 5) is 4.75. The molecule has 0 saturated heterocycles. The van der Waals surface area contributed by atoms with Gasteiger partial charge in [0.15, 0.2) is 10.6 Å². The van der Waals surface area contributed by atoms with E-state index in [1.165, 1.54) is 6.07 Å². The predicted octanol–water partition coefficient (Wildman–Crippen LogP) is 4.03. The molecule has 3 aromatic rings. The Bertz CT molecular complexity index is 863. The number of rotatable bonds is 2. The summed E-state index contributed by atoms with van der Waals surface area (Å²) in [6, 6.07) is 9.68.